The smallest absolute Gasteiger partial charge is 0.250 e. The number of phenolic OH excluding ortho intramolecular Hbond substituents is 2. The van der Waals surface area contributed by atoms with Crippen molar-refractivity contribution in [2.75, 3.05) is 12.9 Å². The van der Waals surface area contributed by atoms with Gasteiger partial charge in [-0.3, -0.25) is 9.36 Å². The number of aromatic hydroxyl groups is 2. The molecule has 0 atom stereocenters. The fourth-order valence-electron chi connectivity index (χ4n) is 3.13. The van der Waals surface area contributed by atoms with Crippen molar-refractivity contribution in [2.24, 2.45) is 5.10 Å². The third-order valence-corrected chi connectivity index (χ3v) is 5.64. The van der Waals surface area contributed by atoms with Crippen LogP contribution in [-0.2, 0) is 4.79 Å². The molecule has 0 spiro atoms. The van der Waals surface area contributed by atoms with Crippen molar-refractivity contribution in [2.45, 2.75) is 5.16 Å². The molecule has 0 aliphatic carbocycles. The molecule has 172 valence electrons. The highest BCUT2D eigenvalue weighted by Crippen LogP contribution is 2.35. The second-order valence-electron chi connectivity index (χ2n) is 7.02. The highest BCUT2D eigenvalue weighted by molar-refractivity contribution is 7.99. The Labute approximate surface area is 199 Å². The number of rotatable bonds is 8. The van der Waals surface area contributed by atoms with Gasteiger partial charge in [0.25, 0.3) is 5.91 Å². The Bertz CT molecular complexity index is 1310. The van der Waals surface area contributed by atoms with Gasteiger partial charge in [-0.05, 0) is 24.3 Å². The van der Waals surface area contributed by atoms with E-state index in [1.54, 1.807) is 0 Å². The first-order valence-electron chi connectivity index (χ1n) is 10.2. The maximum absolute atomic E-state index is 12.4. The zero-order chi connectivity index (χ0) is 23.9. The number of amides is 1. The second-order valence-corrected chi connectivity index (χ2v) is 7.96. The maximum atomic E-state index is 12.4. The van der Waals surface area contributed by atoms with Gasteiger partial charge in [-0.25, -0.2) is 5.43 Å². The minimum absolute atomic E-state index is 0.0568. The first-order valence-corrected chi connectivity index (χ1v) is 11.2. The molecule has 4 rings (SSSR count). The number of hydrogen-bond donors (Lipinski definition) is 3. The van der Waals surface area contributed by atoms with Gasteiger partial charge in [-0.1, -0.05) is 60.3 Å². The first-order chi connectivity index (χ1) is 16.6. The van der Waals surface area contributed by atoms with Crippen LogP contribution in [0, 0.1) is 0 Å². The Morgan fingerprint density at radius 3 is 2.50 bits per heavy atom. The highest BCUT2D eigenvalue weighted by Gasteiger charge is 2.17. The van der Waals surface area contributed by atoms with Gasteiger partial charge in [0.2, 0.25) is 5.75 Å². The number of nitrogens with zero attached hydrogens (tertiary/aromatic N) is 4. The maximum Gasteiger partial charge on any atom is 0.250 e. The lowest BCUT2D eigenvalue weighted by Crippen LogP contribution is -2.20. The lowest BCUT2D eigenvalue weighted by Gasteiger charge is -2.10. The molecule has 0 aliphatic rings. The van der Waals surface area contributed by atoms with Crippen molar-refractivity contribution in [3.8, 4) is 34.3 Å². The lowest BCUT2D eigenvalue weighted by atomic mass is 10.2. The summed E-state index contributed by atoms with van der Waals surface area (Å²) < 4.78 is 6.89. The van der Waals surface area contributed by atoms with Crippen molar-refractivity contribution in [1.82, 2.24) is 20.2 Å². The van der Waals surface area contributed by atoms with E-state index < -0.39 is 0 Å². The minimum atomic E-state index is -0.363. The predicted octanol–water partition coefficient (Wildman–Crippen LogP) is 3.60. The number of carbonyl (C=O) groups excluding carboxylic acids is 1. The molecule has 0 unspecified atom stereocenters. The van der Waals surface area contributed by atoms with E-state index in [0.717, 1.165) is 11.3 Å². The summed E-state index contributed by atoms with van der Waals surface area (Å²) in [7, 11) is 1.37. The molecule has 0 saturated carbocycles. The molecule has 3 N–H and O–H groups in total. The summed E-state index contributed by atoms with van der Waals surface area (Å²) in [5.74, 6) is -0.234. The number of hydrazone groups is 1. The Morgan fingerprint density at radius 2 is 1.79 bits per heavy atom. The zero-order valence-electron chi connectivity index (χ0n) is 18.1. The van der Waals surface area contributed by atoms with Crippen LogP contribution in [0.15, 0.2) is 83.1 Å². The molecule has 9 nitrogen and oxygen atoms in total. The summed E-state index contributed by atoms with van der Waals surface area (Å²) in [6, 6.07) is 22.2. The van der Waals surface area contributed by atoms with Gasteiger partial charge in [-0.15, -0.1) is 10.2 Å². The zero-order valence-corrected chi connectivity index (χ0v) is 18.9. The molecular formula is C24H21N5O4S. The van der Waals surface area contributed by atoms with E-state index in [4.69, 9.17) is 4.74 Å². The Hall–Kier alpha value is -4.31. The molecule has 1 amide bonds. The second kappa shape index (κ2) is 10.5. The van der Waals surface area contributed by atoms with Gasteiger partial charge in [0.15, 0.2) is 22.5 Å². The van der Waals surface area contributed by atoms with Crippen molar-refractivity contribution in [3.05, 3.63) is 78.4 Å². The van der Waals surface area contributed by atoms with Crippen molar-refractivity contribution >= 4 is 23.9 Å². The number of benzene rings is 3. The van der Waals surface area contributed by atoms with Crippen LogP contribution in [0.2, 0.25) is 0 Å². The van der Waals surface area contributed by atoms with Crippen LogP contribution in [0.4, 0.5) is 0 Å². The Kier molecular flexibility index (Phi) is 7.09. The average molecular weight is 476 g/mol. The van der Waals surface area contributed by atoms with E-state index in [9.17, 15) is 15.0 Å². The molecule has 4 aromatic rings. The van der Waals surface area contributed by atoms with E-state index in [1.165, 1.54) is 37.2 Å². The summed E-state index contributed by atoms with van der Waals surface area (Å²) in [5, 5.41) is 32.5. The van der Waals surface area contributed by atoms with Crippen LogP contribution in [0.1, 0.15) is 5.56 Å². The van der Waals surface area contributed by atoms with E-state index >= 15 is 0 Å². The fraction of sp³-hybridized carbons (Fsp3) is 0.0833. The SMILES string of the molecule is COc1cc(/C=N/NC(=O)CSc2nnc(-c3ccccc3)n2-c2ccccc2)cc(O)c1O. The summed E-state index contributed by atoms with van der Waals surface area (Å²) in [6.45, 7) is 0. The van der Waals surface area contributed by atoms with E-state index in [1.807, 2.05) is 65.2 Å². The van der Waals surface area contributed by atoms with E-state index in [0.29, 0.717) is 16.5 Å². The topological polar surface area (TPSA) is 122 Å². The van der Waals surface area contributed by atoms with Crippen LogP contribution in [0.25, 0.3) is 17.1 Å². The lowest BCUT2D eigenvalue weighted by molar-refractivity contribution is -0.118. The molecule has 1 heterocycles. The number of methoxy groups -OCH3 is 1. The van der Waals surface area contributed by atoms with Crippen molar-refractivity contribution < 1.29 is 19.7 Å². The van der Waals surface area contributed by atoms with Crippen LogP contribution < -0.4 is 10.2 Å². The minimum Gasteiger partial charge on any atom is -0.504 e. The highest BCUT2D eigenvalue weighted by atomic mass is 32.2. The number of nitrogens with one attached hydrogen (secondary N) is 1. The summed E-state index contributed by atoms with van der Waals surface area (Å²) >= 11 is 1.23. The average Bonchev–Trinajstić information content (AvgIpc) is 3.30. The largest absolute Gasteiger partial charge is 0.504 e. The molecule has 34 heavy (non-hydrogen) atoms. The number of para-hydroxylation sites is 1. The van der Waals surface area contributed by atoms with Crippen LogP contribution in [-0.4, -0.2) is 50.0 Å². The van der Waals surface area contributed by atoms with Gasteiger partial charge in [0.05, 0.1) is 19.1 Å². The monoisotopic (exact) mass is 475 g/mol. The number of hydrogen-bond acceptors (Lipinski definition) is 8. The number of thioether (sulfide) groups is 1. The number of aromatic nitrogens is 3. The Balaban J connectivity index is 1.47. The normalized spacial score (nSPS) is 11.0. The van der Waals surface area contributed by atoms with Crippen molar-refractivity contribution in [1.29, 1.82) is 0 Å². The van der Waals surface area contributed by atoms with Crippen LogP contribution >= 0.6 is 11.8 Å². The molecule has 0 bridgehead atoms. The molecule has 0 saturated heterocycles. The summed E-state index contributed by atoms with van der Waals surface area (Å²) in [4.78, 5) is 12.4. The molecule has 0 radical (unpaired) electrons. The summed E-state index contributed by atoms with van der Waals surface area (Å²) in [6.07, 6.45) is 1.34. The molecule has 0 fully saturated rings. The molecule has 1 aromatic heterocycles. The molecule has 10 heteroatoms. The third kappa shape index (κ3) is 5.18. The summed E-state index contributed by atoms with van der Waals surface area (Å²) in [5.41, 5.74) is 4.67. The fourth-order valence-corrected chi connectivity index (χ4v) is 3.88. The molecule has 3 aromatic carbocycles. The first kappa shape index (κ1) is 22.9. The van der Waals surface area contributed by atoms with E-state index in [2.05, 4.69) is 20.7 Å². The van der Waals surface area contributed by atoms with Gasteiger partial charge < -0.3 is 14.9 Å². The quantitative estimate of drug-likeness (QED) is 0.154. The number of phenols is 2. The van der Waals surface area contributed by atoms with Gasteiger partial charge >= 0.3 is 0 Å². The van der Waals surface area contributed by atoms with Gasteiger partial charge in [0.1, 0.15) is 0 Å². The standard InChI is InChI=1S/C24H21N5O4S/c1-33-20-13-16(12-19(30)22(20)32)14-25-26-21(31)15-34-24-28-27-23(17-8-4-2-5-9-17)29(24)18-10-6-3-7-11-18/h2-14,30,32H,15H2,1H3,(H,26,31)/b25-14+. The van der Waals surface area contributed by atoms with Gasteiger partial charge in [0, 0.05) is 16.8 Å². The molecule has 0 aliphatic heterocycles. The Morgan fingerprint density at radius 1 is 1.09 bits per heavy atom. The van der Waals surface area contributed by atoms with Crippen LogP contribution in [0.3, 0.4) is 0 Å². The van der Waals surface area contributed by atoms with E-state index in [-0.39, 0.29) is 28.9 Å². The molecular weight excluding hydrogens is 454 g/mol. The predicted molar refractivity (Wildman–Crippen MR) is 130 cm³/mol. The van der Waals surface area contributed by atoms with Crippen molar-refractivity contribution in [3.63, 3.8) is 0 Å². The van der Waals surface area contributed by atoms with Crippen LogP contribution in [0.5, 0.6) is 17.2 Å². The number of ether oxygens (including phenoxy) is 1. The third-order valence-electron chi connectivity index (χ3n) is 4.71. The number of carbonyl (C=O) groups is 1. The van der Waals surface area contributed by atoms with Gasteiger partial charge in [-0.2, -0.15) is 5.10 Å².